The predicted octanol–water partition coefficient (Wildman–Crippen LogP) is 3.34. The second-order valence-electron chi connectivity index (χ2n) is 9.59. The van der Waals surface area contributed by atoms with Crippen molar-refractivity contribution >= 4 is 23.5 Å². The third kappa shape index (κ3) is 5.85. The Bertz CT molecular complexity index is 696. The summed E-state index contributed by atoms with van der Waals surface area (Å²) in [6, 6.07) is 0. The molecule has 0 bridgehead atoms. The molecule has 0 aromatic rings. The van der Waals surface area contributed by atoms with E-state index < -0.39 is 6.10 Å². The Labute approximate surface area is 195 Å². The molecular weight excluding hydrogens is 436 g/mol. The van der Waals surface area contributed by atoms with Crippen LogP contribution in [-0.4, -0.2) is 58.7 Å². The van der Waals surface area contributed by atoms with E-state index in [0.29, 0.717) is 32.1 Å². The number of aliphatic hydroxyl groups excluding tert-OH is 2. The van der Waals surface area contributed by atoms with Crippen molar-refractivity contribution in [2.75, 3.05) is 6.79 Å². The minimum absolute atomic E-state index is 0.0415. The SMILES string of the molecule is CC[C@H](C)C(=O)OC1CC[C@H](Cl)C2=C[C@@H](OCO)[C@H](C)[C@H](CCC3C[C@@H](O)CC(=O)O3)[C@H]21. The van der Waals surface area contributed by atoms with Crippen LogP contribution in [0.4, 0.5) is 0 Å². The number of fused-ring (bicyclic) bond motifs is 1. The van der Waals surface area contributed by atoms with E-state index in [4.69, 9.17) is 25.8 Å². The molecule has 3 aliphatic rings. The van der Waals surface area contributed by atoms with Crippen molar-refractivity contribution in [2.45, 2.75) is 95.5 Å². The van der Waals surface area contributed by atoms with E-state index >= 15 is 0 Å². The maximum atomic E-state index is 12.6. The molecule has 0 amide bonds. The summed E-state index contributed by atoms with van der Waals surface area (Å²) in [5, 5.41) is 19.2. The molecule has 0 aromatic heterocycles. The van der Waals surface area contributed by atoms with Crippen LogP contribution in [0, 0.1) is 23.7 Å². The van der Waals surface area contributed by atoms with Crippen molar-refractivity contribution in [3.63, 3.8) is 0 Å². The zero-order valence-electron chi connectivity index (χ0n) is 19.2. The standard InChI is InChI=1S/C24H37ClO7/c1-4-13(2)24(29)32-20-8-7-19(25)18-11-21(30-12-26)14(3)17(23(18)20)6-5-16-9-15(27)10-22(28)31-16/h11,13-17,19-21,23,26-27H,4-10,12H2,1-3H3/t13-,14+,15+,16?,17-,19-,20?,21+,23+/m0/s1. The lowest BCUT2D eigenvalue weighted by molar-refractivity contribution is -0.163. The molecule has 0 spiro atoms. The predicted molar refractivity (Wildman–Crippen MR) is 119 cm³/mol. The second kappa shape index (κ2) is 11.3. The average molecular weight is 473 g/mol. The van der Waals surface area contributed by atoms with E-state index in [2.05, 4.69) is 6.92 Å². The minimum atomic E-state index is -0.669. The van der Waals surface area contributed by atoms with Gasteiger partial charge in [-0.1, -0.05) is 26.8 Å². The van der Waals surface area contributed by atoms with Gasteiger partial charge in [0.25, 0.3) is 0 Å². The van der Waals surface area contributed by atoms with Crippen LogP contribution in [0.3, 0.4) is 0 Å². The monoisotopic (exact) mass is 472 g/mol. The zero-order chi connectivity index (χ0) is 23.4. The van der Waals surface area contributed by atoms with Crippen LogP contribution in [-0.2, 0) is 23.8 Å². The lowest BCUT2D eigenvalue weighted by Crippen LogP contribution is -2.48. The number of carbonyl (C=O) groups is 2. The van der Waals surface area contributed by atoms with Gasteiger partial charge >= 0.3 is 11.9 Å². The number of carbonyl (C=O) groups excluding carboxylic acids is 2. The van der Waals surface area contributed by atoms with E-state index in [0.717, 1.165) is 12.0 Å². The highest BCUT2D eigenvalue weighted by molar-refractivity contribution is 6.22. The molecular formula is C24H37ClO7. The number of hydrogen-bond acceptors (Lipinski definition) is 7. The van der Waals surface area contributed by atoms with Gasteiger partial charge in [-0.25, -0.2) is 0 Å². The van der Waals surface area contributed by atoms with Gasteiger partial charge in [-0.15, -0.1) is 11.6 Å². The lowest BCUT2D eigenvalue weighted by Gasteiger charge is -2.48. The van der Waals surface area contributed by atoms with E-state index in [1.165, 1.54) is 0 Å². The van der Waals surface area contributed by atoms with E-state index in [9.17, 15) is 19.8 Å². The van der Waals surface area contributed by atoms with Crippen molar-refractivity contribution in [1.29, 1.82) is 0 Å². The first-order valence-corrected chi connectivity index (χ1v) is 12.3. The maximum Gasteiger partial charge on any atom is 0.308 e. The third-order valence-corrected chi connectivity index (χ3v) is 7.94. The molecule has 2 unspecified atom stereocenters. The maximum absolute atomic E-state index is 12.6. The highest BCUT2D eigenvalue weighted by Crippen LogP contribution is 2.48. The number of ether oxygens (including phenoxy) is 3. The van der Waals surface area contributed by atoms with Gasteiger partial charge in [0.2, 0.25) is 0 Å². The number of esters is 2. The Morgan fingerprint density at radius 2 is 2.09 bits per heavy atom. The lowest BCUT2D eigenvalue weighted by atomic mass is 9.63. The highest BCUT2D eigenvalue weighted by Gasteiger charge is 2.47. The molecule has 0 aromatic carbocycles. The number of alkyl halides is 1. The van der Waals surface area contributed by atoms with Gasteiger partial charge in [-0.05, 0) is 49.5 Å². The molecule has 0 radical (unpaired) electrons. The Morgan fingerprint density at radius 1 is 1.34 bits per heavy atom. The van der Waals surface area contributed by atoms with Gasteiger partial charge in [0, 0.05) is 12.3 Å². The first-order chi connectivity index (χ1) is 15.2. The summed E-state index contributed by atoms with van der Waals surface area (Å²) in [6.45, 7) is 5.53. The molecule has 7 nitrogen and oxygen atoms in total. The van der Waals surface area contributed by atoms with E-state index in [-0.39, 0.29) is 72.5 Å². The van der Waals surface area contributed by atoms with Gasteiger partial charge in [0.15, 0.2) is 0 Å². The van der Waals surface area contributed by atoms with Crippen molar-refractivity contribution in [3.05, 3.63) is 11.6 Å². The van der Waals surface area contributed by atoms with E-state index in [1.807, 2.05) is 19.9 Å². The molecule has 1 heterocycles. The molecule has 9 atom stereocenters. The summed E-state index contributed by atoms with van der Waals surface area (Å²) < 4.78 is 17.1. The smallest absolute Gasteiger partial charge is 0.308 e. The van der Waals surface area contributed by atoms with Crippen molar-refractivity contribution in [1.82, 2.24) is 0 Å². The third-order valence-electron chi connectivity index (χ3n) is 7.47. The van der Waals surface area contributed by atoms with Gasteiger partial charge in [0.05, 0.1) is 29.9 Å². The zero-order valence-corrected chi connectivity index (χ0v) is 20.0. The van der Waals surface area contributed by atoms with Crippen LogP contribution in [0.1, 0.15) is 65.7 Å². The fourth-order valence-electron chi connectivity index (χ4n) is 5.44. The van der Waals surface area contributed by atoms with Crippen LogP contribution in [0.5, 0.6) is 0 Å². The van der Waals surface area contributed by atoms with Crippen LogP contribution in [0.2, 0.25) is 0 Å². The van der Waals surface area contributed by atoms with Crippen LogP contribution >= 0.6 is 11.6 Å². The van der Waals surface area contributed by atoms with Gasteiger partial charge in [0.1, 0.15) is 19.0 Å². The molecule has 2 aliphatic carbocycles. The van der Waals surface area contributed by atoms with E-state index in [1.54, 1.807) is 0 Å². The molecule has 2 fully saturated rings. The molecule has 1 saturated carbocycles. The van der Waals surface area contributed by atoms with Crippen LogP contribution in [0.25, 0.3) is 0 Å². The van der Waals surface area contributed by atoms with Crippen molar-refractivity contribution < 1.29 is 34.0 Å². The molecule has 3 rings (SSSR count). The number of aliphatic hydroxyl groups is 2. The summed E-state index contributed by atoms with van der Waals surface area (Å²) in [5.74, 6) is -0.644. The second-order valence-corrected chi connectivity index (χ2v) is 10.1. The molecule has 2 N–H and O–H groups in total. The summed E-state index contributed by atoms with van der Waals surface area (Å²) >= 11 is 6.72. The normalized spacial score (nSPS) is 38.3. The first-order valence-electron chi connectivity index (χ1n) is 11.9. The topological polar surface area (TPSA) is 102 Å². The van der Waals surface area contributed by atoms with Crippen LogP contribution in [0.15, 0.2) is 11.6 Å². The molecule has 32 heavy (non-hydrogen) atoms. The quantitative estimate of drug-likeness (QED) is 0.242. The molecule has 8 heteroatoms. The van der Waals surface area contributed by atoms with Crippen LogP contribution < -0.4 is 0 Å². The summed E-state index contributed by atoms with van der Waals surface area (Å²) in [7, 11) is 0. The Morgan fingerprint density at radius 3 is 2.75 bits per heavy atom. The van der Waals surface area contributed by atoms with Crippen molar-refractivity contribution in [3.8, 4) is 0 Å². The fraction of sp³-hybridized carbons (Fsp3) is 0.833. The summed E-state index contributed by atoms with van der Waals surface area (Å²) in [4.78, 5) is 24.4. The molecule has 1 saturated heterocycles. The first kappa shape index (κ1) is 25.5. The summed E-state index contributed by atoms with van der Waals surface area (Å²) in [5.41, 5.74) is 1.02. The fourth-order valence-corrected chi connectivity index (χ4v) is 5.78. The van der Waals surface area contributed by atoms with Gasteiger partial charge in [-0.2, -0.15) is 0 Å². The Kier molecular flexibility index (Phi) is 9.01. The minimum Gasteiger partial charge on any atom is -0.462 e. The number of rotatable bonds is 8. The van der Waals surface area contributed by atoms with Crippen molar-refractivity contribution in [2.24, 2.45) is 23.7 Å². The summed E-state index contributed by atoms with van der Waals surface area (Å²) in [6.07, 6.45) is 4.37. The average Bonchev–Trinajstić information content (AvgIpc) is 2.74. The molecule has 1 aliphatic heterocycles. The number of cyclic esters (lactones) is 1. The van der Waals surface area contributed by atoms with Gasteiger partial charge in [-0.3, -0.25) is 9.59 Å². The Balaban J connectivity index is 1.82. The highest BCUT2D eigenvalue weighted by atomic mass is 35.5. The number of halogens is 1. The largest absolute Gasteiger partial charge is 0.462 e. The Hall–Kier alpha value is -1.15. The number of hydrogen-bond donors (Lipinski definition) is 2. The van der Waals surface area contributed by atoms with Gasteiger partial charge < -0.3 is 24.4 Å². The molecule has 182 valence electrons.